The molecule has 0 spiro atoms. The molecule has 0 fully saturated rings. The van der Waals surface area contributed by atoms with E-state index in [0.717, 1.165) is 22.1 Å². The van der Waals surface area contributed by atoms with Crippen LogP contribution >= 0.6 is 28.1 Å². The highest BCUT2D eigenvalue weighted by Crippen LogP contribution is 2.11. The van der Waals surface area contributed by atoms with Gasteiger partial charge in [0.2, 0.25) is 5.11 Å². The van der Waals surface area contributed by atoms with Gasteiger partial charge >= 0.3 is 0 Å². The first kappa shape index (κ1) is 17.9. The van der Waals surface area contributed by atoms with Crippen LogP contribution in [0.1, 0.15) is 18.1 Å². The number of rotatable bonds is 7. The van der Waals surface area contributed by atoms with Gasteiger partial charge in [0.15, 0.2) is 0 Å². The van der Waals surface area contributed by atoms with E-state index in [0.29, 0.717) is 18.3 Å². The molecule has 0 unspecified atom stereocenters. The fourth-order valence-electron chi connectivity index (χ4n) is 1.92. The predicted octanol–water partition coefficient (Wildman–Crippen LogP) is 3.78. The zero-order valence-corrected chi connectivity index (χ0v) is 15.4. The lowest BCUT2D eigenvalue weighted by Gasteiger charge is -2.25. The summed E-state index contributed by atoms with van der Waals surface area (Å²) in [6, 6.07) is 18.1. The highest BCUT2D eigenvalue weighted by atomic mass is 79.9. The Kier molecular flexibility index (Phi) is 7.48. The Morgan fingerprint density at radius 1 is 1.13 bits per heavy atom. The molecule has 0 bridgehead atoms. The van der Waals surface area contributed by atoms with E-state index >= 15 is 0 Å². The van der Waals surface area contributed by atoms with Crippen molar-refractivity contribution < 1.29 is 4.84 Å². The summed E-state index contributed by atoms with van der Waals surface area (Å²) in [7, 11) is 0. The van der Waals surface area contributed by atoms with Gasteiger partial charge in [-0.05, 0) is 42.4 Å². The lowest BCUT2D eigenvalue weighted by atomic mass is 10.2. The van der Waals surface area contributed by atoms with E-state index in [2.05, 4.69) is 32.7 Å². The lowest BCUT2D eigenvalue weighted by molar-refractivity contribution is -0.149. The van der Waals surface area contributed by atoms with Crippen molar-refractivity contribution in [3.63, 3.8) is 0 Å². The number of hydrogen-bond acceptors (Lipinski definition) is 3. The van der Waals surface area contributed by atoms with Crippen molar-refractivity contribution >= 4 is 33.3 Å². The van der Waals surface area contributed by atoms with Gasteiger partial charge < -0.3 is 5.32 Å². The smallest absolute Gasteiger partial charge is 0.210 e. The molecule has 122 valence electrons. The Labute approximate surface area is 150 Å². The third-order valence-corrected chi connectivity index (χ3v) is 3.83. The average molecular weight is 394 g/mol. The molecule has 23 heavy (non-hydrogen) atoms. The van der Waals surface area contributed by atoms with Crippen molar-refractivity contribution in [1.29, 1.82) is 0 Å². The van der Waals surface area contributed by atoms with E-state index in [1.165, 1.54) is 5.17 Å². The molecule has 2 aromatic rings. The zero-order chi connectivity index (χ0) is 16.5. The van der Waals surface area contributed by atoms with Crippen LogP contribution < -0.4 is 10.7 Å². The topological polar surface area (TPSA) is 36.5 Å². The second kappa shape index (κ2) is 9.62. The number of nitrogens with one attached hydrogen (secondary N) is 2. The third kappa shape index (κ3) is 6.27. The van der Waals surface area contributed by atoms with Gasteiger partial charge in [0.1, 0.15) is 6.61 Å². The predicted molar refractivity (Wildman–Crippen MR) is 100 cm³/mol. The van der Waals surface area contributed by atoms with E-state index in [4.69, 9.17) is 17.1 Å². The molecule has 4 nitrogen and oxygen atoms in total. The Morgan fingerprint density at radius 3 is 2.57 bits per heavy atom. The van der Waals surface area contributed by atoms with Crippen LogP contribution in [0.3, 0.4) is 0 Å². The largest absolute Gasteiger partial charge is 0.360 e. The van der Waals surface area contributed by atoms with Gasteiger partial charge in [-0.15, -0.1) is 0 Å². The van der Waals surface area contributed by atoms with E-state index in [1.807, 2.05) is 55.5 Å². The second-order valence-electron chi connectivity index (χ2n) is 4.85. The van der Waals surface area contributed by atoms with E-state index in [-0.39, 0.29) is 0 Å². The van der Waals surface area contributed by atoms with E-state index in [9.17, 15) is 0 Å². The van der Waals surface area contributed by atoms with Crippen LogP contribution in [0, 0.1) is 0 Å². The molecule has 0 amide bonds. The van der Waals surface area contributed by atoms with E-state index in [1.54, 1.807) is 0 Å². The number of hydroxylamine groups is 1. The fraction of sp³-hybridized carbons (Fsp3) is 0.235. The molecule has 0 saturated carbocycles. The normalized spacial score (nSPS) is 10.3. The SMILES string of the molecule is CCNC(=S)N(NCc1cccc(Br)c1)OCc1ccccc1. The van der Waals surface area contributed by atoms with Crippen LogP contribution in [0.2, 0.25) is 0 Å². The maximum Gasteiger partial charge on any atom is 0.210 e. The Hall–Kier alpha value is -1.47. The first-order chi connectivity index (χ1) is 11.2. The number of thiocarbonyl (C=S) groups is 1. The van der Waals surface area contributed by atoms with Crippen molar-refractivity contribution in [3.8, 4) is 0 Å². The molecule has 2 aromatic carbocycles. The van der Waals surface area contributed by atoms with Crippen molar-refractivity contribution in [2.45, 2.75) is 20.1 Å². The van der Waals surface area contributed by atoms with Crippen molar-refractivity contribution in [2.24, 2.45) is 0 Å². The molecule has 0 heterocycles. The monoisotopic (exact) mass is 393 g/mol. The molecule has 6 heteroatoms. The first-order valence-electron chi connectivity index (χ1n) is 7.41. The van der Waals surface area contributed by atoms with Crippen molar-refractivity contribution in [1.82, 2.24) is 15.9 Å². The fourth-order valence-corrected chi connectivity index (χ4v) is 2.63. The number of nitrogens with zero attached hydrogens (tertiary/aromatic N) is 1. The molecule has 0 aromatic heterocycles. The van der Waals surface area contributed by atoms with Crippen LogP contribution in [-0.2, 0) is 18.0 Å². The Bertz CT molecular complexity index is 624. The Balaban J connectivity index is 1.95. The van der Waals surface area contributed by atoms with Gasteiger partial charge in [0.05, 0.1) is 0 Å². The summed E-state index contributed by atoms with van der Waals surface area (Å²) in [6.45, 7) is 3.79. The van der Waals surface area contributed by atoms with Gasteiger partial charge in [-0.1, -0.05) is 58.4 Å². The molecule has 0 aliphatic rings. The van der Waals surface area contributed by atoms with Gasteiger partial charge in [0.25, 0.3) is 0 Å². The van der Waals surface area contributed by atoms with Crippen molar-refractivity contribution in [2.75, 3.05) is 6.54 Å². The molecule has 2 N–H and O–H groups in total. The van der Waals surface area contributed by atoms with Crippen LogP contribution in [0.4, 0.5) is 0 Å². The van der Waals surface area contributed by atoms with Crippen LogP contribution in [0.15, 0.2) is 59.1 Å². The van der Waals surface area contributed by atoms with Crippen LogP contribution in [-0.4, -0.2) is 16.8 Å². The maximum atomic E-state index is 5.80. The number of hydrazine groups is 1. The number of halogens is 1. The molecular formula is C17H20BrN3OS. The molecule has 0 atom stereocenters. The average Bonchev–Trinajstić information content (AvgIpc) is 2.56. The highest BCUT2D eigenvalue weighted by molar-refractivity contribution is 9.10. The van der Waals surface area contributed by atoms with Gasteiger partial charge in [-0.25, -0.2) is 5.43 Å². The summed E-state index contributed by atoms with van der Waals surface area (Å²) in [6.07, 6.45) is 0. The summed E-state index contributed by atoms with van der Waals surface area (Å²) < 4.78 is 1.04. The summed E-state index contributed by atoms with van der Waals surface area (Å²) in [5, 5.41) is 5.12. The van der Waals surface area contributed by atoms with E-state index < -0.39 is 0 Å². The standard InChI is InChI=1S/C17H20BrN3OS/c1-2-19-17(23)21(22-13-14-7-4-3-5-8-14)20-12-15-9-6-10-16(18)11-15/h3-11,20H,2,12-13H2,1H3,(H,19,23). The molecule has 0 aliphatic heterocycles. The van der Waals surface area contributed by atoms with Crippen LogP contribution in [0.5, 0.6) is 0 Å². The van der Waals surface area contributed by atoms with Crippen LogP contribution in [0.25, 0.3) is 0 Å². The summed E-state index contributed by atoms with van der Waals surface area (Å²) in [4.78, 5) is 5.80. The molecule has 0 saturated heterocycles. The van der Waals surface area contributed by atoms with Gasteiger partial charge in [-0.2, -0.15) is 5.17 Å². The third-order valence-electron chi connectivity index (χ3n) is 3.03. The molecule has 2 rings (SSSR count). The minimum Gasteiger partial charge on any atom is -0.360 e. The quantitative estimate of drug-likeness (QED) is 0.552. The molecule has 0 aliphatic carbocycles. The van der Waals surface area contributed by atoms with Crippen molar-refractivity contribution in [3.05, 3.63) is 70.2 Å². The van der Waals surface area contributed by atoms with Gasteiger partial charge in [0, 0.05) is 17.6 Å². The Morgan fingerprint density at radius 2 is 1.87 bits per heavy atom. The number of hydrogen-bond donors (Lipinski definition) is 2. The molecule has 0 radical (unpaired) electrons. The summed E-state index contributed by atoms with van der Waals surface area (Å²) in [5.41, 5.74) is 5.42. The molecular weight excluding hydrogens is 374 g/mol. The minimum atomic E-state index is 0.442. The number of benzene rings is 2. The summed E-state index contributed by atoms with van der Waals surface area (Å²) in [5.74, 6) is 0. The maximum absolute atomic E-state index is 5.80. The van der Waals surface area contributed by atoms with Gasteiger partial charge in [-0.3, -0.25) is 4.84 Å². The first-order valence-corrected chi connectivity index (χ1v) is 8.62. The minimum absolute atomic E-state index is 0.442. The zero-order valence-electron chi connectivity index (χ0n) is 13.0. The second-order valence-corrected chi connectivity index (χ2v) is 6.16. The highest BCUT2D eigenvalue weighted by Gasteiger charge is 2.10. The summed E-state index contributed by atoms with van der Waals surface area (Å²) >= 11 is 8.82. The lowest BCUT2D eigenvalue weighted by Crippen LogP contribution is -2.47.